The minimum atomic E-state index is -0.913. The molecule has 132 valence electrons. The molecule has 3 nitrogen and oxygen atoms in total. The summed E-state index contributed by atoms with van der Waals surface area (Å²) in [7, 11) is 0. The maximum Gasteiger partial charge on any atom is 0.335 e. The second-order valence-corrected chi connectivity index (χ2v) is 6.89. The molecule has 0 aliphatic carbocycles. The number of carbonyl (C=O) groups is 2. The number of rotatable bonds is 8. The van der Waals surface area contributed by atoms with E-state index < -0.39 is 5.97 Å². The lowest BCUT2D eigenvalue weighted by atomic mass is 9.98. The van der Waals surface area contributed by atoms with Crippen molar-refractivity contribution in [3.63, 3.8) is 0 Å². The SMILES string of the molecule is Cc1cc(CCC(=O)CCc2ccc(C(C)C)cc2)ccc1C(=O)O. The van der Waals surface area contributed by atoms with Crippen molar-refractivity contribution in [1.82, 2.24) is 0 Å². The van der Waals surface area contributed by atoms with E-state index in [-0.39, 0.29) is 5.78 Å². The number of carboxylic acids is 1. The van der Waals surface area contributed by atoms with Gasteiger partial charge in [0, 0.05) is 12.8 Å². The fraction of sp³-hybridized carbons (Fsp3) is 0.364. The van der Waals surface area contributed by atoms with Crippen molar-refractivity contribution in [2.45, 2.75) is 52.4 Å². The van der Waals surface area contributed by atoms with Crippen molar-refractivity contribution >= 4 is 11.8 Å². The molecule has 0 aromatic heterocycles. The largest absolute Gasteiger partial charge is 0.478 e. The molecule has 0 aliphatic heterocycles. The Labute approximate surface area is 149 Å². The standard InChI is InChI=1S/C22H26O3/c1-15(2)19-9-4-17(5-10-19)6-11-20(23)12-7-18-8-13-21(22(24)25)16(3)14-18/h4-5,8-10,13-15H,6-7,11-12H2,1-3H3,(H,24,25). The van der Waals surface area contributed by atoms with Crippen molar-refractivity contribution in [2.75, 3.05) is 0 Å². The number of Topliss-reactive ketones (excluding diaryl/α,β-unsaturated/α-hetero) is 1. The molecule has 0 saturated carbocycles. The van der Waals surface area contributed by atoms with Crippen LogP contribution in [0.3, 0.4) is 0 Å². The van der Waals surface area contributed by atoms with Crippen LogP contribution < -0.4 is 0 Å². The van der Waals surface area contributed by atoms with Crippen molar-refractivity contribution in [2.24, 2.45) is 0 Å². The molecule has 0 saturated heterocycles. The maximum atomic E-state index is 12.1. The van der Waals surface area contributed by atoms with Crippen LogP contribution in [0.5, 0.6) is 0 Å². The van der Waals surface area contributed by atoms with Gasteiger partial charge in [-0.2, -0.15) is 0 Å². The van der Waals surface area contributed by atoms with Gasteiger partial charge in [-0.25, -0.2) is 4.79 Å². The van der Waals surface area contributed by atoms with Gasteiger partial charge in [0.05, 0.1) is 5.56 Å². The van der Waals surface area contributed by atoms with Crippen molar-refractivity contribution in [1.29, 1.82) is 0 Å². The summed E-state index contributed by atoms with van der Waals surface area (Å²) in [5, 5.41) is 9.05. The van der Waals surface area contributed by atoms with Crippen LogP contribution in [0.4, 0.5) is 0 Å². The van der Waals surface area contributed by atoms with E-state index in [0.717, 1.165) is 17.5 Å². The first-order valence-corrected chi connectivity index (χ1v) is 8.80. The third-order valence-electron chi connectivity index (χ3n) is 4.55. The van der Waals surface area contributed by atoms with Gasteiger partial charge in [0.15, 0.2) is 0 Å². The molecule has 0 aliphatic rings. The molecular weight excluding hydrogens is 312 g/mol. The third kappa shape index (κ3) is 5.56. The van der Waals surface area contributed by atoms with Crippen molar-refractivity contribution in [3.05, 3.63) is 70.3 Å². The zero-order chi connectivity index (χ0) is 18.4. The Hall–Kier alpha value is -2.42. The average molecular weight is 338 g/mol. The maximum absolute atomic E-state index is 12.1. The predicted molar refractivity (Wildman–Crippen MR) is 100 cm³/mol. The Kier molecular flexibility index (Phi) is 6.51. The smallest absolute Gasteiger partial charge is 0.335 e. The van der Waals surface area contributed by atoms with Crippen LogP contribution in [0.15, 0.2) is 42.5 Å². The van der Waals surface area contributed by atoms with E-state index in [1.807, 2.05) is 6.07 Å². The van der Waals surface area contributed by atoms with E-state index >= 15 is 0 Å². The summed E-state index contributed by atoms with van der Waals surface area (Å²) in [6.45, 7) is 6.13. The van der Waals surface area contributed by atoms with Gasteiger partial charge in [-0.05, 0) is 54.0 Å². The minimum absolute atomic E-state index is 0.243. The molecule has 0 heterocycles. The number of benzene rings is 2. The second-order valence-electron chi connectivity index (χ2n) is 6.89. The van der Waals surface area contributed by atoms with Gasteiger partial charge in [0.25, 0.3) is 0 Å². The Balaban J connectivity index is 1.82. The highest BCUT2D eigenvalue weighted by Gasteiger charge is 2.09. The van der Waals surface area contributed by atoms with Crippen molar-refractivity contribution in [3.8, 4) is 0 Å². The van der Waals surface area contributed by atoms with Crippen LogP contribution in [0.25, 0.3) is 0 Å². The van der Waals surface area contributed by atoms with Gasteiger partial charge < -0.3 is 5.11 Å². The van der Waals surface area contributed by atoms with Crippen LogP contribution in [0, 0.1) is 6.92 Å². The topological polar surface area (TPSA) is 54.4 Å². The quantitative estimate of drug-likeness (QED) is 0.741. The molecule has 0 atom stereocenters. The Morgan fingerprint density at radius 2 is 1.48 bits per heavy atom. The van der Waals surface area contributed by atoms with Crippen LogP contribution in [-0.4, -0.2) is 16.9 Å². The van der Waals surface area contributed by atoms with Gasteiger partial charge in [-0.15, -0.1) is 0 Å². The van der Waals surface area contributed by atoms with Gasteiger partial charge in [0.2, 0.25) is 0 Å². The first-order valence-electron chi connectivity index (χ1n) is 8.80. The number of aromatic carboxylic acids is 1. The number of aryl methyl sites for hydroxylation is 3. The summed E-state index contributed by atoms with van der Waals surface area (Å²) in [6, 6.07) is 13.8. The van der Waals surface area contributed by atoms with Gasteiger partial charge >= 0.3 is 5.97 Å². The van der Waals surface area contributed by atoms with Gasteiger partial charge in [0.1, 0.15) is 5.78 Å². The Morgan fingerprint density at radius 1 is 0.920 bits per heavy atom. The molecule has 1 N–H and O–H groups in total. The summed E-state index contributed by atoms with van der Waals surface area (Å²) in [5.41, 5.74) is 4.58. The van der Waals surface area contributed by atoms with E-state index in [1.54, 1.807) is 19.1 Å². The number of ketones is 1. The molecule has 2 aromatic rings. The minimum Gasteiger partial charge on any atom is -0.478 e. The summed E-state index contributed by atoms with van der Waals surface area (Å²) >= 11 is 0. The van der Waals surface area contributed by atoms with Crippen molar-refractivity contribution < 1.29 is 14.7 Å². The number of hydrogen-bond donors (Lipinski definition) is 1. The molecule has 0 spiro atoms. The highest BCUT2D eigenvalue weighted by Crippen LogP contribution is 2.16. The number of carboxylic acid groups (broad SMARTS) is 1. The zero-order valence-corrected chi connectivity index (χ0v) is 15.2. The molecule has 0 bridgehead atoms. The molecule has 0 unspecified atom stereocenters. The number of hydrogen-bond acceptors (Lipinski definition) is 2. The fourth-order valence-corrected chi connectivity index (χ4v) is 2.88. The molecule has 0 fully saturated rings. The summed E-state index contributed by atoms with van der Waals surface area (Å²) in [6.07, 6.45) is 2.48. The molecule has 0 radical (unpaired) electrons. The number of carbonyl (C=O) groups excluding carboxylic acids is 1. The van der Waals surface area contributed by atoms with Gasteiger partial charge in [-0.1, -0.05) is 50.2 Å². The molecule has 2 aromatic carbocycles. The normalized spacial score (nSPS) is 10.9. The predicted octanol–water partition coefficient (Wildman–Crippen LogP) is 4.95. The summed E-state index contributed by atoms with van der Waals surface area (Å²) in [4.78, 5) is 23.2. The molecule has 25 heavy (non-hydrogen) atoms. The first-order chi connectivity index (χ1) is 11.9. The van der Waals surface area contributed by atoms with E-state index in [9.17, 15) is 9.59 Å². The third-order valence-corrected chi connectivity index (χ3v) is 4.55. The fourth-order valence-electron chi connectivity index (χ4n) is 2.88. The van der Waals surface area contributed by atoms with Crippen LogP contribution in [0.1, 0.15) is 65.2 Å². The first kappa shape index (κ1) is 18.9. The Bertz CT molecular complexity index is 742. The highest BCUT2D eigenvalue weighted by atomic mass is 16.4. The lowest BCUT2D eigenvalue weighted by Crippen LogP contribution is -2.04. The second kappa shape index (κ2) is 8.61. The van der Waals surface area contributed by atoms with Crippen LogP contribution in [0.2, 0.25) is 0 Å². The van der Waals surface area contributed by atoms with E-state index in [0.29, 0.717) is 30.7 Å². The van der Waals surface area contributed by atoms with E-state index in [1.165, 1.54) is 11.1 Å². The zero-order valence-electron chi connectivity index (χ0n) is 15.2. The lowest BCUT2D eigenvalue weighted by Gasteiger charge is -2.07. The van der Waals surface area contributed by atoms with Crippen LogP contribution >= 0.6 is 0 Å². The lowest BCUT2D eigenvalue weighted by molar-refractivity contribution is -0.119. The average Bonchev–Trinajstić information content (AvgIpc) is 2.58. The van der Waals surface area contributed by atoms with E-state index in [4.69, 9.17) is 5.11 Å². The van der Waals surface area contributed by atoms with Crippen LogP contribution in [-0.2, 0) is 17.6 Å². The highest BCUT2D eigenvalue weighted by molar-refractivity contribution is 5.89. The summed E-state index contributed by atoms with van der Waals surface area (Å²) < 4.78 is 0. The van der Waals surface area contributed by atoms with Gasteiger partial charge in [-0.3, -0.25) is 4.79 Å². The molecule has 2 rings (SSSR count). The molecule has 0 amide bonds. The molecular formula is C22H26O3. The monoisotopic (exact) mass is 338 g/mol. The Morgan fingerprint density at radius 3 is 2.00 bits per heavy atom. The molecule has 3 heteroatoms. The summed E-state index contributed by atoms with van der Waals surface area (Å²) in [5.74, 6) is -0.150. The van der Waals surface area contributed by atoms with E-state index in [2.05, 4.69) is 38.1 Å².